The van der Waals surface area contributed by atoms with Crippen molar-refractivity contribution >= 4 is 30.0 Å². The highest BCUT2D eigenvalue weighted by atomic mass is 16.7. The molecular weight excluding hydrogens is 550 g/mol. The van der Waals surface area contributed by atoms with E-state index >= 15 is 0 Å². The maximum Gasteiger partial charge on any atom is 0.407 e. The van der Waals surface area contributed by atoms with Crippen molar-refractivity contribution < 1.29 is 52.4 Å². The first-order chi connectivity index (χ1) is 19.9. The number of hydrogen-bond donors (Lipinski definition) is 1. The van der Waals surface area contributed by atoms with E-state index < -0.39 is 42.4 Å². The van der Waals surface area contributed by atoms with Crippen LogP contribution in [0.15, 0.2) is 42.5 Å². The molecule has 2 rings (SSSR count). The molecule has 2 aromatic carbocycles. The van der Waals surface area contributed by atoms with Gasteiger partial charge in [0.25, 0.3) is 0 Å². The van der Waals surface area contributed by atoms with Gasteiger partial charge in [0.05, 0.1) is 18.6 Å². The standard InChI is InChI=1S/C30H37NO11/c1-6-7-10-17-37-24-14-13-21(18-25(24)41-26(33)15-16-31-29(36)42-30(3,4)5)27(34)38-19-39-28(35)22-11-8-9-12-23(22)40-20(2)32/h8-9,11-14,18H,6-7,10,15-17,19H2,1-5H3,(H,31,36). The largest absolute Gasteiger partial charge is 0.490 e. The van der Waals surface area contributed by atoms with Crippen molar-refractivity contribution in [1.29, 1.82) is 0 Å². The maximum atomic E-state index is 12.7. The molecule has 0 aliphatic carbocycles. The van der Waals surface area contributed by atoms with E-state index in [-0.39, 0.29) is 41.3 Å². The minimum atomic E-state index is -0.870. The Morgan fingerprint density at radius 3 is 2.24 bits per heavy atom. The third-order valence-corrected chi connectivity index (χ3v) is 5.15. The van der Waals surface area contributed by atoms with E-state index in [1.54, 1.807) is 32.9 Å². The third-order valence-electron chi connectivity index (χ3n) is 5.15. The summed E-state index contributed by atoms with van der Waals surface area (Å²) in [6, 6.07) is 10.1. The quantitative estimate of drug-likeness (QED) is 0.138. The Hall–Kier alpha value is -4.61. The molecule has 0 atom stereocenters. The fraction of sp³-hybridized carbons (Fsp3) is 0.433. The van der Waals surface area contributed by atoms with Gasteiger partial charge in [-0.3, -0.25) is 9.59 Å². The van der Waals surface area contributed by atoms with Crippen LogP contribution in [0.1, 0.15) is 81.0 Å². The van der Waals surface area contributed by atoms with Crippen LogP contribution in [-0.2, 0) is 23.8 Å². The van der Waals surface area contributed by atoms with Gasteiger partial charge < -0.3 is 33.7 Å². The van der Waals surface area contributed by atoms with Crippen molar-refractivity contribution in [3.63, 3.8) is 0 Å². The first-order valence-corrected chi connectivity index (χ1v) is 13.5. The van der Waals surface area contributed by atoms with E-state index in [0.29, 0.717) is 6.61 Å². The molecule has 12 nitrogen and oxygen atoms in total. The summed E-state index contributed by atoms with van der Waals surface area (Å²) in [5, 5.41) is 2.47. The average molecular weight is 588 g/mol. The molecule has 0 unspecified atom stereocenters. The molecular formula is C30H37NO11. The number of esters is 4. The van der Waals surface area contributed by atoms with Crippen LogP contribution < -0.4 is 19.5 Å². The van der Waals surface area contributed by atoms with Crippen LogP contribution in [0.25, 0.3) is 0 Å². The lowest BCUT2D eigenvalue weighted by atomic mass is 10.2. The molecule has 0 radical (unpaired) electrons. The van der Waals surface area contributed by atoms with Gasteiger partial charge in [0, 0.05) is 13.5 Å². The van der Waals surface area contributed by atoms with Gasteiger partial charge in [0.2, 0.25) is 6.79 Å². The van der Waals surface area contributed by atoms with E-state index in [1.165, 1.54) is 37.3 Å². The van der Waals surface area contributed by atoms with Gasteiger partial charge in [0.15, 0.2) is 11.5 Å². The van der Waals surface area contributed by atoms with Crippen LogP contribution >= 0.6 is 0 Å². The smallest absolute Gasteiger partial charge is 0.407 e. The Kier molecular flexibility index (Phi) is 13.3. The Morgan fingerprint density at radius 2 is 1.55 bits per heavy atom. The molecule has 42 heavy (non-hydrogen) atoms. The highest BCUT2D eigenvalue weighted by Gasteiger charge is 2.19. The van der Waals surface area contributed by atoms with Gasteiger partial charge in [-0.2, -0.15) is 0 Å². The van der Waals surface area contributed by atoms with E-state index in [2.05, 4.69) is 12.2 Å². The van der Waals surface area contributed by atoms with E-state index in [9.17, 15) is 24.0 Å². The highest BCUT2D eigenvalue weighted by Crippen LogP contribution is 2.30. The molecule has 0 spiro atoms. The molecule has 0 fully saturated rings. The van der Waals surface area contributed by atoms with E-state index in [1.807, 2.05) is 0 Å². The molecule has 0 saturated heterocycles. The summed E-state index contributed by atoms with van der Waals surface area (Å²) in [6.07, 6.45) is 1.86. The summed E-state index contributed by atoms with van der Waals surface area (Å²) in [5.41, 5.74) is -0.707. The van der Waals surface area contributed by atoms with Gasteiger partial charge in [-0.05, 0) is 57.5 Å². The summed E-state index contributed by atoms with van der Waals surface area (Å²) in [4.78, 5) is 60.6. The molecule has 2 aromatic rings. The second kappa shape index (κ2) is 16.6. The lowest BCUT2D eigenvalue weighted by Gasteiger charge is -2.19. The van der Waals surface area contributed by atoms with E-state index in [4.69, 9.17) is 28.4 Å². The normalized spacial score (nSPS) is 10.7. The predicted octanol–water partition coefficient (Wildman–Crippen LogP) is 4.97. The molecule has 0 aliphatic heterocycles. The van der Waals surface area contributed by atoms with Crippen molar-refractivity contribution in [2.24, 2.45) is 0 Å². The second-order valence-electron chi connectivity index (χ2n) is 9.94. The average Bonchev–Trinajstić information content (AvgIpc) is 2.90. The van der Waals surface area contributed by atoms with Crippen molar-refractivity contribution in [1.82, 2.24) is 5.32 Å². The Morgan fingerprint density at radius 1 is 0.833 bits per heavy atom. The number of ether oxygens (including phenoxy) is 6. The first kappa shape index (κ1) is 33.6. The van der Waals surface area contributed by atoms with Gasteiger partial charge in [-0.1, -0.05) is 31.9 Å². The Labute approximate surface area is 244 Å². The zero-order valence-electron chi connectivity index (χ0n) is 24.5. The van der Waals surface area contributed by atoms with Crippen LogP contribution in [0.4, 0.5) is 4.79 Å². The third kappa shape index (κ3) is 12.3. The van der Waals surface area contributed by atoms with Crippen LogP contribution in [-0.4, -0.2) is 55.5 Å². The molecule has 0 aromatic heterocycles. The van der Waals surface area contributed by atoms with Crippen LogP contribution in [0.2, 0.25) is 0 Å². The monoisotopic (exact) mass is 587 g/mol. The molecule has 1 amide bonds. The van der Waals surface area contributed by atoms with Gasteiger partial charge in [-0.25, -0.2) is 14.4 Å². The van der Waals surface area contributed by atoms with Gasteiger partial charge in [-0.15, -0.1) is 0 Å². The fourth-order valence-corrected chi connectivity index (χ4v) is 3.30. The number of carbonyl (C=O) groups is 5. The first-order valence-electron chi connectivity index (χ1n) is 13.5. The van der Waals surface area contributed by atoms with Crippen molar-refractivity contribution in [2.75, 3.05) is 19.9 Å². The lowest BCUT2D eigenvalue weighted by molar-refractivity contribution is -0.134. The molecule has 0 saturated carbocycles. The summed E-state index contributed by atoms with van der Waals surface area (Å²) in [6.45, 7) is 8.00. The van der Waals surface area contributed by atoms with Crippen LogP contribution in [0.5, 0.6) is 17.2 Å². The number of carbonyl (C=O) groups excluding carboxylic acids is 5. The number of para-hydroxylation sites is 1. The Bertz CT molecular complexity index is 1250. The van der Waals surface area contributed by atoms with E-state index in [0.717, 1.165) is 19.3 Å². The molecule has 1 N–H and O–H groups in total. The molecule has 12 heteroatoms. The van der Waals surface area contributed by atoms with Gasteiger partial charge >= 0.3 is 30.0 Å². The fourth-order valence-electron chi connectivity index (χ4n) is 3.30. The number of hydrogen-bond acceptors (Lipinski definition) is 11. The number of rotatable bonds is 14. The van der Waals surface area contributed by atoms with Crippen LogP contribution in [0, 0.1) is 0 Å². The predicted molar refractivity (Wildman–Crippen MR) is 149 cm³/mol. The SMILES string of the molecule is CCCCCOc1ccc(C(=O)OCOC(=O)c2ccccc2OC(C)=O)cc1OC(=O)CCNC(=O)OC(C)(C)C. The molecule has 0 bridgehead atoms. The zero-order chi connectivity index (χ0) is 31.1. The highest BCUT2D eigenvalue weighted by molar-refractivity contribution is 5.94. The summed E-state index contributed by atoms with van der Waals surface area (Å²) < 4.78 is 31.4. The minimum Gasteiger partial charge on any atom is -0.490 e. The maximum absolute atomic E-state index is 12.7. The molecule has 228 valence electrons. The Balaban J connectivity index is 2.02. The minimum absolute atomic E-state index is 0.00181. The number of nitrogens with one attached hydrogen (secondary N) is 1. The molecule has 0 aliphatic rings. The number of unbranched alkanes of at least 4 members (excludes halogenated alkanes) is 2. The summed E-state index contributed by atoms with van der Waals surface area (Å²) in [5.74, 6) is -2.81. The topological polar surface area (TPSA) is 153 Å². The summed E-state index contributed by atoms with van der Waals surface area (Å²) in [7, 11) is 0. The number of amides is 1. The molecule has 0 heterocycles. The van der Waals surface area contributed by atoms with Crippen molar-refractivity contribution in [3.8, 4) is 17.2 Å². The second-order valence-corrected chi connectivity index (χ2v) is 9.94. The van der Waals surface area contributed by atoms with Crippen molar-refractivity contribution in [3.05, 3.63) is 53.6 Å². The summed E-state index contributed by atoms with van der Waals surface area (Å²) >= 11 is 0. The van der Waals surface area contributed by atoms with Gasteiger partial charge in [0.1, 0.15) is 16.9 Å². The zero-order valence-corrected chi connectivity index (χ0v) is 24.5. The lowest BCUT2D eigenvalue weighted by Crippen LogP contribution is -2.34. The number of benzene rings is 2. The number of alkyl carbamates (subject to hydrolysis) is 1. The van der Waals surface area contributed by atoms with Crippen molar-refractivity contribution in [2.45, 2.75) is 65.9 Å². The van der Waals surface area contributed by atoms with Crippen LogP contribution in [0.3, 0.4) is 0 Å².